The highest BCUT2D eigenvalue weighted by Gasteiger charge is 2.39. The summed E-state index contributed by atoms with van der Waals surface area (Å²) in [5.41, 5.74) is 44.6. The number of likely N-dealkylation sites (tertiary alicyclic amines) is 1. The standard InChI is InChI=1S/C45H86N18O10/c1-27(2)24-33(62-37(66)28(49)12-9-21-54-44(50)51)40(69)60-31(16-10-22-55-45(52)53)42(71)63-23-11-17-34(63)41(70)57-25-35(64)56-26-36(65)58-29(13-3-6-18-46)38(67)59-30(14-4-7-19-47)39(68)61-32(43(72)73)15-5-8-20-48/h27-34H,3-26,46-49H2,1-2H3,(H,56,64)(H,57,70)(H,58,65)(H,59,67)(H,60,69)(H,61,68)(H,62,66)(H,72,73)(H4,50,51,54)(H4,52,53,55)/t28-,29-,30-,31-,32-,33-,34-/m0/s1. The third-order valence-electron chi connectivity index (χ3n) is 11.7. The van der Waals surface area contributed by atoms with Gasteiger partial charge in [0.05, 0.1) is 19.1 Å². The van der Waals surface area contributed by atoms with Gasteiger partial charge in [-0.2, -0.15) is 0 Å². The highest BCUT2D eigenvalue weighted by atomic mass is 16.4. The molecule has 24 N–H and O–H groups in total. The molecule has 416 valence electrons. The first-order valence-electron chi connectivity index (χ1n) is 25.2. The number of aliphatic imine (C=N–C) groups is 2. The van der Waals surface area contributed by atoms with Crippen molar-refractivity contribution < 1.29 is 48.3 Å². The van der Waals surface area contributed by atoms with Crippen molar-refractivity contribution in [1.82, 2.24) is 42.1 Å². The summed E-state index contributed by atoms with van der Waals surface area (Å²) in [6, 6.07) is -7.76. The SMILES string of the molecule is CC(C)C[C@H](NC(=O)[C@@H](N)CCCN=C(N)N)C(=O)N[C@@H](CCCN=C(N)N)C(=O)N1CCC[C@H]1C(=O)NCC(=O)NCC(=O)N[C@@H](CCCCN)C(=O)N[C@@H](CCCCN)C(=O)N[C@@H](CCCCN)C(=O)O. The highest BCUT2D eigenvalue weighted by Crippen LogP contribution is 2.20. The van der Waals surface area contributed by atoms with Crippen LogP contribution in [0.4, 0.5) is 0 Å². The van der Waals surface area contributed by atoms with Gasteiger partial charge in [-0.15, -0.1) is 0 Å². The van der Waals surface area contributed by atoms with Gasteiger partial charge in [-0.25, -0.2) is 4.79 Å². The van der Waals surface area contributed by atoms with Gasteiger partial charge in [0, 0.05) is 19.6 Å². The summed E-state index contributed by atoms with van der Waals surface area (Å²) in [5.74, 6) is -7.01. The molecule has 8 amide bonds. The zero-order chi connectivity index (χ0) is 54.9. The molecule has 28 nitrogen and oxygen atoms in total. The van der Waals surface area contributed by atoms with Gasteiger partial charge >= 0.3 is 5.97 Å². The smallest absolute Gasteiger partial charge is 0.326 e. The van der Waals surface area contributed by atoms with E-state index in [2.05, 4.69) is 47.2 Å². The van der Waals surface area contributed by atoms with Crippen molar-refractivity contribution in [3.8, 4) is 0 Å². The van der Waals surface area contributed by atoms with E-state index in [1.54, 1.807) is 0 Å². The Morgan fingerprint density at radius 3 is 1.53 bits per heavy atom. The van der Waals surface area contributed by atoms with Gasteiger partial charge in [-0.05, 0) is 128 Å². The lowest BCUT2D eigenvalue weighted by Crippen LogP contribution is -2.58. The van der Waals surface area contributed by atoms with Crippen LogP contribution in [0.2, 0.25) is 0 Å². The molecule has 28 heteroatoms. The van der Waals surface area contributed by atoms with Crippen molar-refractivity contribution in [2.45, 2.75) is 159 Å². The normalized spacial score (nSPS) is 15.5. The maximum absolute atomic E-state index is 14.2. The molecule has 1 aliphatic rings. The van der Waals surface area contributed by atoms with Gasteiger partial charge in [-0.1, -0.05) is 13.8 Å². The number of carboxylic acid groups (broad SMARTS) is 1. The van der Waals surface area contributed by atoms with E-state index in [0.29, 0.717) is 71.0 Å². The fourth-order valence-corrected chi connectivity index (χ4v) is 7.76. The van der Waals surface area contributed by atoms with Crippen LogP contribution in [0, 0.1) is 5.92 Å². The fraction of sp³-hybridized carbons (Fsp3) is 0.756. The van der Waals surface area contributed by atoms with Gasteiger partial charge in [-0.3, -0.25) is 48.3 Å². The zero-order valence-electron chi connectivity index (χ0n) is 42.7. The molecule has 1 aliphatic heterocycles. The first-order valence-corrected chi connectivity index (χ1v) is 25.2. The lowest BCUT2D eigenvalue weighted by Gasteiger charge is -2.30. The van der Waals surface area contributed by atoms with E-state index in [9.17, 15) is 48.3 Å². The highest BCUT2D eigenvalue weighted by molar-refractivity contribution is 5.97. The molecule has 0 bridgehead atoms. The van der Waals surface area contributed by atoms with Crippen molar-refractivity contribution in [2.24, 2.45) is 61.8 Å². The Balaban J connectivity index is 3.06. The largest absolute Gasteiger partial charge is 0.480 e. The molecule has 1 fully saturated rings. The average molecular weight is 1040 g/mol. The summed E-state index contributed by atoms with van der Waals surface area (Å²) in [5, 5.41) is 27.8. The number of aliphatic carboxylic acids is 1. The number of unbranched alkanes of at least 4 members (excludes halogenated alkanes) is 3. The van der Waals surface area contributed by atoms with Crippen LogP contribution < -0.4 is 83.1 Å². The van der Waals surface area contributed by atoms with E-state index in [1.165, 1.54) is 4.90 Å². The summed E-state index contributed by atoms with van der Waals surface area (Å²) in [4.78, 5) is 129. The Hall–Kier alpha value is -6.39. The minimum absolute atomic E-state index is 0.0610. The topological polar surface area (TPSA) is 494 Å². The second kappa shape index (κ2) is 36.5. The molecule has 0 aromatic carbocycles. The van der Waals surface area contributed by atoms with Crippen LogP contribution in [0.1, 0.15) is 117 Å². The Labute approximate surface area is 427 Å². The van der Waals surface area contributed by atoms with E-state index >= 15 is 0 Å². The fourth-order valence-electron chi connectivity index (χ4n) is 7.76. The number of carbonyl (C=O) groups is 9. The number of guanidine groups is 2. The van der Waals surface area contributed by atoms with E-state index in [1.807, 2.05) is 13.8 Å². The first kappa shape index (κ1) is 64.6. The van der Waals surface area contributed by atoms with Gasteiger partial charge in [0.25, 0.3) is 0 Å². The molecule has 0 aromatic heterocycles. The van der Waals surface area contributed by atoms with Gasteiger partial charge < -0.3 is 93.1 Å². The number of rotatable bonds is 38. The van der Waals surface area contributed by atoms with E-state index in [-0.39, 0.29) is 88.8 Å². The second-order valence-corrected chi connectivity index (χ2v) is 18.4. The van der Waals surface area contributed by atoms with Crippen molar-refractivity contribution in [3.05, 3.63) is 0 Å². The number of hydrogen-bond donors (Lipinski definition) is 16. The van der Waals surface area contributed by atoms with Crippen molar-refractivity contribution in [3.63, 3.8) is 0 Å². The molecule has 0 aromatic rings. The molecule has 0 spiro atoms. The number of carbonyl (C=O) groups excluding carboxylic acids is 8. The lowest BCUT2D eigenvalue weighted by atomic mass is 10.0. The van der Waals surface area contributed by atoms with Crippen LogP contribution in [0.3, 0.4) is 0 Å². The van der Waals surface area contributed by atoms with E-state index < -0.39 is 109 Å². The van der Waals surface area contributed by atoms with Crippen molar-refractivity contribution in [1.29, 1.82) is 0 Å². The molecular formula is C45H86N18O10. The molecule has 1 saturated heterocycles. The van der Waals surface area contributed by atoms with Crippen LogP contribution in [0.25, 0.3) is 0 Å². The zero-order valence-corrected chi connectivity index (χ0v) is 42.7. The van der Waals surface area contributed by atoms with Gasteiger partial charge in [0.15, 0.2) is 11.9 Å². The quantitative estimate of drug-likeness (QED) is 0.0156. The third kappa shape index (κ3) is 27.3. The molecule has 0 saturated carbocycles. The van der Waals surface area contributed by atoms with Crippen LogP contribution in [-0.2, 0) is 43.2 Å². The Kier molecular flexibility index (Phi) is 32.3. The Morgan fingerprint density at radius 1 is 0.562 bits per heavy atom. The number of carboxylic acids is 1. The third-order valence-corrected chi connectivity index (χ3v) is 11.7. The summed E-state index contributed by atoms with van der Waals surface area (Å²) in [7, 11) is 0. The van der Waals surface area contributed by atoms with Gasteiger partial charge in [0.2, 0.25) is 47.3 Å². The molecule has 7 atom stereocenters. The second-order valence-electron chi connectivity index (χ2n) is 18.4. The number of hydrogen-bond acceptors (Lipinski definition) is 15. The van der Waals surface area contributed by atoms with Crippen LogP contribution in [-0.4, -0.2) is 170 Å². The maximum Gasteiger partial charge on any atom is 0.326 e. The van der Waals surface area contributed by atoms with Crippen molar-refractivity contribution in [2.75, 3.05) is 52.4 Å². The number of nitrogens with one attached hydrogen (secondary N) is 7. The van der Waals surface area contributed by atoms with E-state index in [4.69, 9.17) is 45.9 Å². The molecule has 0 radical (unpaired) electrons. The summed E-state index contributed by atoms with van der Waals surface area (Å²) >= 11 is 0. The first-order chi connectivity index (χ1) is 34.6. The van der Waals surface area contributed by atoms with Gasteiger partial charge in [0.1, 0.15) is 36.3 Å². The Bertz CT molecular complexity index is 1830. The lowest BCUT2D eigenvalue weighted by molar-refractivity contribution is -0.142. The predicted octanol–water partition coefficient (Wildman–Crippen LogP) is -5.41. The monoisotopic (exact) mass is 1040 g/mol. The maximum atomic E-state index is 14.2. The van der Waals surface area contributed by atoms with Crippen LogP contribution >= 0.6 is 0 Å². The summed E-state index contributed by atoms with van der Waals surface area (Å²) in [6.07, 6.45) is 5.13. The summed E-state index contributed by atoms with van der Waals surface area (Å²) in [6.45, 7) is 4.05. The minimum atomic E-state index is -1.24. The number of nitrogens with zero attached hydrogens (tertiary/aromatic N) is 3. The predicted molar refractivity (Wildman–Crippen MR) is 274 cm³/mol. The molecule has 0 aliphatic carbocycles. The Morgan fingerprint density at radius 2 is 1.01 bits per heavy atom. The molecule has 0 unspecified atom stereocenters. The van der Waals surface area contributed by atoms with Crippen molar-refractivity contribution >= 4 is 65.1 Å². The average Bonchev–Trinajstić information content (AvgIpc) is 3.83. The molecule has 73 heavy (non-hydrogen) atoms. The molecule has 1 rings (SSSR count). The number of nitrogens with two attached hydrogens (primary N) is 8. The minimum Gasteiger partial charge on any atom is -0.480 e. The molecular weight excluding hydrogens is 953 g/mol. The summed E-state index contributed by atoms with van der Waals surface area (Å²) < 4.78 is 0. The number of amides is 8. The molecule has 1 heterocycles. The van der Waals surface area contributed by atoms with Crippen LogP contribution in [0.5, 0.6) is 0 Å². The van der Waals surface area contributed by atoms with Crippen LogP contribution in [0.15, 0.2) is 9.98 Å². The van der Waals surface area contributed by atoms with E-state index in [0.717, 1.165) is 0 Å².